The van der Waals surface area contributed by atoms with Crippen LogP contribution in [0.25, 0.3) is 32.7 Å². The van der Waals surface area contributed by atoms with Gasteiger partial charge in [-0.25, -0.2) is 70.2 Å². The van der Waals surface area contributed by atoms with Gasteiger partial charge in [-0.15, -0.1) is 0 Å². The molecule has 0 bridgehead atoms. The summed E-state index contributed by atoms with van der Waals surface area (Å²) in [6.07, 6.45) is 0. The molecule has 0 aliphatic heterocycles. The van der Waals surface area contributed by atoms with Gasteiger partial charge in [0.2, 0.25) is 7.28 Å². The van der Waals surface area contributed by atoms with Crippen LogP contribution in [0.5, 0.6) is 0 Å². The fraction of sp³-hybridized carbons (Fsp3) is 0.0370. The van der Waals surface area contributed by atoms with Crippen molar-refractivity contribution < 1.29 is 79.0 Å². The lowest BCUT2D eigenvalue weighted by molar-refractivity contribution is 0.0435. The van der Waals surface area contributed by atoms with Crippen molar-refractivity contribution in [2.24, 2.45) is 0 Å². The lowest BCUT2D eigenvalue weighted by atomic mass is 9.59. The molecule has 0 saturated heterocycles. The van der Waals surface area contributed by atoms with Crippen molar-refractivity contribution in [1.82, 2.24) is 0 Å². The lowest BCUT2D eigenvalue weighted by Crippen LogP contribution is -2.40. The summed E-state index contributed by atoms with van der Waals surface area (Å²) >= 11 is 0. The molecule has 0 aromatic heterocycles. The Morgan fingerprint density at radius 2 is 0.609 bits per heavy atom. The van der Waals surface area contributed by atoms with E-state index in [-0.39, 0.29) is 0 Å². The molecular formula is C27BF18. The first-order chi connectivity index (χ1) is 21.3. The van der Waals surface area contributed by atoms with Crippen LogP contribution in [0.1, 0.15) is 11.1 Å². The van der Waals surface area contributed by atoms with Gasteiger partial charge in [0.25, 0.3) is 0 Å². The summed E-state index contributed by atoms with van der Waals surface area (Å²) in [5, 5.41) is -8.94. The summed E-state index contributed by atoms with van der Waals surface area (Å²) in [6, 6.07) is 0. The first-order valence-corrected chi connectivity index (χ1v) is 11.7. The minimum absolute atomic E-state index is 0.651. The zero-order valence-corrected chi connectivity index (χ0v) is 20.9. The first kappa shape index (κ1) is 31.4. The van der Waals surface area contributed by atoms with Gasteiger partial charge in [-0.2, -0.15) is 8.78 Å². The highest BCUT2D eigenvalue weighted by molar-refractivity contribution is 6.70. The van der Waals surface area contributed by atoms with Gasteiger partial charge in [0.05, 0.1) is 21.7 Å². The van der Waals surface area contributed by atoms with Crippen LogP contribution in [0.15, 0.2) is 0 Å². The quantitative estimate of drug-likeness (QED) is 0.0585. The zero-order valence-electron chi connectivity index (χ0n) is 20.9. The Bertz CT molecular complexity index is 2280. The van der Waals surface area contributed by atoms with Crippen LogP contribution < -0.4 is 10.9 Å². The number of alkyl halides is 2. The predicted molar refractivity (Wildman–Crippen MR) is 121 cm³/mol. The Morgan fingerprint density at radius 3 is 1.11 bits per heavy atom. The SMILES string of the molecule is Fc1c(F)c(F)c2c(c1F)-c1c(F)c(F)c(F)c([B]c3c(F)c(F)c(F)c4c(F)c5c(F)c(F)c(F)c(F)c5c(F)c34)c1C2(F)F. The fourth-order valence-electron chi connectivity index (χ4n) is 5.35. The minimum atomic E-state index is -5.43. The second kappa shape index (κ2) is 9.71. The molecule has 6 rings (SSSR count). The molecule has 5 aromatic rings. The molecular weight excluding hydrogens is 677 g/mol. The highest BCUT2D eigenvalue weighted by Gasteiger charge is 2.54. The highest BCUT2D eigenvalue weighted by atomic mass is 19.3. The van der Waals surface area contributed by atoms with E-state index in [9.17, 15) is 52.7 Å². The molecule has 0 fully saturated rings. The molecule has 19 heteroatoms. The van der Waals surface area contributed by atoms with E-state index in [1.54, 1.807) is 0 Å². The van der Waals surface area contributed by atoms with Crippen molar-refractivity contribution in [2.75, 3.05) is 0 Å². The second-order valence-corrected chi connectivity index (χ2v) is 9.57. The summed E-state index contributed by atoms with van der Waals surface area (Å²) in [4.78, 5) is 0. The van der Waals surface area contributed by atoms with Crippen LogP contribution in [-0.2, 0) is 5.92 Å². The number of hydrogen-bond donors (Lipinski definition) is 0. The topological polar surface area (TPSA) is 0 Å². The van der Waals surface area contributed by atoms with Crippen LogP contribution in [0.2, 0.25) is 0 Å². The van der Waals surface area contributed by atoms with E-state index in [1.165, 1.54) is 0 Å². The van der Waals surface area contributed by atoms with E-state index in [1.807, 2.05) is 0 Å². The lowest BCUT2D eigenvalue weighted by Gasteiger charge is -2.20. The van der Waals surface area contributed by atoms with E-state index in [0.29, 0.717) is 0 Å². The number of benzene rings is 5. The third-order valence-electron chi connectivity index (χ3n) is 7.30. The standard InChI is InChI=1S/C27BF18/c29-11-3-4(12(30)6-5(11)16(34)24(42)25(43)17(6)35)15(33)22(40)19(37)9(3)28-10-7-1(13(31)21(39)20(10)38)2-8(27(7,45)46)18(36)26(44)23(41)14(2)32. The molecule has 0 nitrogen and oxygen atoms in total. The summed E-state index contributed by atoms with van der Waals surface area (Å²) < 4.78 is 265. The fourth-order valence-corrected chi connectivity index (χ4v) is 5.35. The van der Waals surface area contributed by atoms with Crippen molar-refractivity contribution in [2.45, 2.75) is 5.92 Å². The highest BCUT2D eigenvalue weighted by Crippen LogP contribution is 2.54. The second-order valence-electron chi connectivity index (χ2n) is 9.57. The van der Waals surface area contributed by atoms with Gasteiger partial charge in [0.15, 0.2) is 81.4 Å². The maximum absolute atomic E-state index is 15.6. The van der Waals surface area contributed by atoms with Crippen LogP contribution in [0.3, 0.4) is 0 Å². The molecule has 1 radical (unpaired) electrons. The molecule has 1 aliphatic carbocycles. The molecule has 0 heterocycles. The maximum Gasteiger partial charge on any atom is 0.302 e. The number of fused-ring (bicyclic) bond motifs is 5. The van der Waals surface area contributed by atoms with Crippen molar-refractivity contribution in [1.29, 1.82) is 0 Å². The Labute approximate surface area is 240 Å². The summed E-state index contributed by atoms with van der Waals surface area (Å²) in [7, 11) is -0.651. The summed E-state index contributed by atoms with van der Waals surface area (Å²) in [5.74, 6) is -50.5. The molecule has 5 aromatic carbocycles. The van der Waals surface area contributed by atoms with Crippen LogP contribution in [0, 0.1) is 93.1 Å². The van der Waals surface area contributed by atoms with Crippen molar-refractivity contribution in [3.8, 4) is 11.1 Å². The Kier molecular flexibility index (Phi) is 6.63. The Hall–Kier alpha value is -4.58. The van der Waals surface area contributed by atoms with E-state index in [0.717, 1.165) is 0 Å². The first-order valence-electron chi connectivity index (χ1n) is 11.7. The minimum Gasteiger partial charge on any atom is -0.206 e. The van der Waals surface area contributed by atoms with Crippen molar-refractivity contribution in [3.63, 3.8) is 0 Å². The van der Waals surface area contributed by atoms with E-state index >= 15 is 26.3 Å². The molecule has 0 unspecified atom stereocenters. The summed E-state index contributed by atoms with van der Waals surface area (Å²) in [5.41, 5.74) is -14.0. The molecule has 237 valence electrons. The van der Waals surface area contributed by atoms with E-state index in [2.05, 4.69) is 0 Å². The molecule has 0 spiro atoms. The Balaban J connectivity index is 1.80. The third-order valence-corrected chi connectivity index (χ3v) is 7.30. The zero-order chi connectivity index (χ0) is 34.2. The van der Waals surface area contributed by atoms with Gasteiger partial charge in [0.1, 0.15) is 11.6 Å². The molecule has 46 heavy (non-hydrogen) atoms. The maximum atomic E-state index is 15.6. The van der Waals surface area contributed by atoms with Gasteiger partial charge in [0, 0.05) is 22.1 Å². The predicted octanol–water partition coefficient (Wildman–Crippen LogP) is 7.99. The van der Waals surface area contributed by atoms with E-state index in [4.69, 9.17) is 0 Å². The van der Waals surface area contributed by atoms with Crippen LogP contribution >= 0.6 is 0 Å². The smallest absolute Gasteiger partial charge is 0.206 e. The molecule has 0 saturated carbocycles. The van der Waals surface area contributed by atoms with Crippen molar-refractivity contribution >= 4 is 39.8 Å². The number of hydrogen-bond acceptors (Lipinski definition) is 0. The largest absolute Gasteiger partial charge is 0.302 e. The molecule has 0 atom stereocenters. The van der Waals surface area contributed by atoms with Gasteiger partial charge < -0.3 is 0 Å². The summed E-state index contributed by atoms with van der Waals surface area (Å²) in [6.45, 7) is 0. The third kappa shape index (κ3) is 3.58. The molecule has 1 aliphatic rings. The van der Waals surface area contributed by atoms with Crippen LogP contribution in [0.4, 0.5) is 79.0 Å². The van der Waals surface area contributed by atoms with Gasteiger partial charge in [-0.3, -0.25) is 0 Å². The van der Waals surface area contributed by atoms with Crippen LogP contribution in [-0.4, -0.2) is 7.28 Å². The van der Waals surface area contributed by atoms with Gasteiger partial charge in [-0.05, 0) is 10.9 Å². The van der Waals surface area contributed by atoms with Crippen molar-refractivity contribution in [3.05, 3.63) is 104 Å². The van der Waals surface area contributed by atoms with Gasteiger partial charge in [-0.1, -0.05) is 0 Å². The average Bonchev–Trinajstić information content (AvgIpc) is 3.26. The number of rotatable bonds is 2. The molecule has 0 amide bonds. The molecule has 0 N–H and O–H groups in total. The monoisotopic (exact) mass is 677 g/mol. The number of halogens is 18. The van der Waals surface area contributed by atoms with E-state index < -0.39 is 161 Å². The normalized spacial score (nSPS) is 13.6. The Morgan fingerprint density at radius 1 is 0.283 bits per heavy atom. The average molecular weight is 677 g/mol. The van der Waals surface area contributed by atoms with Gasteiger partial charge >= 0.3 is 5.92 Å².